The molecule has 0 aliphatic carbocycles. The number of benzene rings is 1. The molecule has 1 saturated heterocycles. The van der Waals surface area contributed by atoms with E-state index in [2.05, 4.69) is 6.58 Å². The minimum absolute atomic E-state index is 0.0776. The Labute approximate surface area is 128 Å². The first kappa shape index (κ1) is 14.8. The summed E-state index contributed by atoms with van der Waals surface area (Å²) in [7, 11) is 0. The van der Waals surface area contributed by atoms with Crippen molar-refractivity contribution < 1.29 is 9.53 Å². The lowest BCUT2D eigenvalue weighted by Crippen LogP contribution is -2.27. The summed E-state index contributed by atoms with van der Waals surface area (Å²) in [6.07, 6.45) is 3.50. The van der Waals surface area contributed by atoms with Crippen LogP contribution in [0.4, 0.5) is 0 Å². The zero-order valence-electron chi connectivity index (χ0n) is 11.2. The van der Waals surface area contributed by atoms with Crippen molar-refractivity contribution >= 4 is 40.3 Å². The van der Waals surface area contributed by atoms with Crippen molar-refractivity contribution in [1.82, 2.24) is 4.90 Å². The van der Waals surface area contributed by atoms with Crippen LogP contribution in [-0.4, -0.2) is 28.3 Å². The third kappa shape index (κ3) is 3.11. The average molecular weight is 305 g/mol. The highest BCUT2D eigenvalue weighted by Gasteiger charge is 2.31. The third-order valence-electron chi connectivity index (χ3n) is 2.69. The number of para-hydroxylation sites is 1. The van der Waals surface area contributed by atoms with Crippen LogP contribution in [0.3, 0.4) is 0 Å². The number of thioether (sulfide) groups is 1. The molecule has 0 radical (unpaired) electrons. The molecule has 104 valence electrons. The lowest BCUT2D eigenvalue weighted by Gasteiger charge is -2.10. The lowest BCUT2D eigenvalue weighted by atomic mass is 10.2. The van der Waals surface area contributed by atoms with Crippen LogP contribution in [0.25, 0.3) is 6.08 Å². The van der Waals surface area contributed by atoms with E-state index in [1.807, 2.05) is 37.3 Å². The second-order valence-corrected chi connectivity index (χ2v) is 5.73. The fraction of sp³-hybridized carbons (Fsp3) is 0.200. The van der Waals surface area contributed by atoms with Crippen molar-refractivity contribution in [1.29, 1.82) is 0 Å². The maximum atomic E-state index is 12.2. The van der Waals surface area contributed by atoms with E-state index in [0.29, 0.717) is 22.4 Å². The van der Waals surface area contributed by atoms with Crippen LogP contribution < -0.4 is 4.74 Å². The highest BCUT2D eigenvalue weighted by Crippen LogP contribution is 2.34. The molecular weight excluding hydrogens is 290 g/mol. The second-order valence-electron chi connectivity index (χ2n) is 4.05. The second kappa shape index (κ2) is 6.72. The van der Waals surface area contributed by atoms with Gasteiger partial charge in [0, 0.05) is 12.1 Å². The quantitative estimate of drug-likeness (QED) is 0.473. The van der Waals surface area contributed by atoms with Crippen molar-refractivity contribution in [2.24, 2.45) is 0 Å². The number of nitrogens with zero attached hydrogens (tertiary/aromatic N) is 1. The van der Waals surface area contributed by atoms with Gasteiger partial charge in [-0.25, -0.2) is 0 Å². The number of thiocarbonyl (C=S) groups is 1. The van der Waals surface area contributed by atoms with Gasteiger partial charge in [-0.05, 0) is 19.1 Å². The SMILES string of the molecule is C=CCN1C(=O)C(=Cc2ccccc2OCC)SC1=S. The molecule has 5 heteroatoms. The smallest absolute Gasteiger partial charge is 0.266 e. The van der Waals surface area contributed by atoms with Gasteiger partial charge in [-0.15, -0.1) is 6.58 Å². The molecular formula is C15H15NO2S2. The molecule has 1 heterocycles. The van der Waals surface area contributed by atoms with Crippen LogP contribution in [0.5, 0.6) is 5.75 Å². The lowest BCUT2D eigenvalue weighted by molar-refractivity contribution is -0.121. The summed E-state index contributed by atoms with van der Waals surface area (Å²) in [5.74, 6) is 0.690. The summed E-state index contributed by atoms with van der Waals surface area (Å²) in [6.45, 7) is 6.59. The Morgan fingerprint density at radius 1 is 1.45 bits per heavy atom. The summed E-state index contributed by atoms with van der Waals surface area (Å²) in [5.41, 5.74) is 0.883. The molecule has 1 fully saturated rings. The molecule has 1 aliphatic heterocycles. The fourth-order valence-electron chi connectivity index (χ4n) is 1.81. The average Bonchev–Trinajstić information content (AvgIpc) is 2.69. The van der Waals surface area contributed by atoms with E-state index in [9.17, 15) is 4.79 Å². The normalized spacial score (nSPS) is 16.9. The fourth-order valence-corrected chi connectivity index (χ4v) is 3.08. The van der Waals surface area contributed by atoms with Crippen molar-refractivity contribution in [2.45, 2.75) is 6.92 Å². The Hall–Kier alpha value is -1.59. The molecule has 0 atom stereocenters. The molecule has 0 spiro atoms. The van der Waals surface area contributed by atoms with E-state index in [4.69, 9.17) is 17.0 Å². The first-order chi connectivity index (χ1) is 9.67. The Bertz CT molecular complexity index is 581. The van der Waals surface area contributed by atoms with E-state index >= 15 is 0 Å². The number of hydrogen-bond donors (Lipinski definition) is 0. The standard InChI is InChI=1S/C15H15NO2S2/c1-3-9-16-14(17)13(20-15(16)19)10-11-7-5-6-8-12(11)18-4-2/h3,5-8,10H,1,4,9H2,2H3. The molecule has 20 heavy (non-hydrogen) atoms. The number of carbonyl (C=O) groups excluding carboxylic acids is 1. The number of hydrogen-bond acceptors (Lipinski definition) is 4. The Morgan fingerprint density at radius 2 is 2.20 bits per heavy atom. The van der Waals surface area contributed by atoms with Crippen LogP contribution in [0, 0.1) is 0 Å². The number of carbonyl (C=O) groups is 1. The molecule has 0 unspecified atom stereocenters. The van der Waals surface area contributed by atoms with Crippen LogP contribution >= 0.6 is 24.0 Å². The zero-order valence-corrected chi connectivity index (χ0v) is 12.8. The van der Waals surface area contributed by atoms with Crippen LogP contribution in [0.15, 0.2) is 41.8 Å². The molecule has 0 aromatic heterocycles. The van der Waals surface area contributed by atoms with Gasteiger partial charge in [0.15, 0.2) is 0 Å². The Morgan fingerprint density at radius 3 is 2.90 bits per heavy atom. The first-order valence-electron chi connectivity index (χ1n) is 6.25. The molecule has 3 nitrogen and oxygen atoms in total. The summed E-state index contributed by atoms with van der Waals surface area (Å²) in [4.78, 5) is 14.4. The van der Waals surface area contributed by atoms with E-state index in [-0.39, 0.29) is 5.91 Å². The molecule has 0 saturated carbocycles. The zero-order chi connectivity index (χ0) is 14.5. The highest BCUT2D eigenvalue weighted by atomic mass is 32.2. The number of rotatable bonds is 5. The van der Waals surface area contributed by atoms with Crippen LogP contribution in [-0.2, 0) is 4.79 Å². The highest BCUT2D eigenvalue weighted by molar-refractivity contribution is 8.26. The third-order valence-corrected chi connectivity index (χ3v) is 4.07. The topological polar surface area (TPSA) is 29.5 Å². The summed E-state index contributed by atoms with van der Waals surface area (Å²) in [6, 6.07) is 7.63. The van der Waals surface area contributed by atoms with E-state index in [1.165, 1.54) is 11.8 Å². The van der Waals surface area contributed by atoms with Gasteiger partial charge in [0.1, 0.15) is 10.1 Å². The van der Waals surface area contributed by atoms with Crippen molar-refractivity contribution in [3.63, 3.8) is 0 Å². The Balaban J connectivity index is 2.30. The molecule has 2 rings (SSSR count). The summed E-state index contributed by atoms with van der Waals surface area (Å²) in [5, 5.41) is 0. The minimum Gasteiger partial charge on any atom is -0.493 e. The first-order valence-corrected chi connectivity index (χ1v) is 7.48. The van der Waals surface area contributed by atoms with Gasteiger partial charge >= 0.3 is 0 Å². The minimum atomic E-state index is -0.0776. The molecule has 0 bridgehead atoms. The summed E-state index contributed by atoms with van der Waals surface area (Å²) >= 11 is 6.52. The van der Waals surface area contributed by atoms with Gasteiger partial charge in [0.2, 0.25) is 0 Å². The van der Waals surface area contributed by atoms with Gasteiger partial charge in [-0.1, -0.05) is 48.3 Å². The van der Waals surface area contributed by atoms with Gasteiger partial charge in [-0.2, -0.15) is 0 Å². The number of ether oxygens (including phenoxy) is 1. The monoisotopic (exact) mass is 305 g/mol. The van der Waals surface area contributed by atoms with E-state index in [0.717, 1.165) is 11.3 Å². The van der Waals surface area contributed by atoms with Gasteiger partial charge in [-0.3, -0.25) is 9.69 Å². The van der Waals surface area contributed by atoms with E-state index in [1.54, 1.807) is 11.0 Å². The molecule has 1 aromatic carbocycles. The predicted molar refractivity (Wildman–Crippen MR) is 87.7 cm³/mol. The van der Waals surface area contributed by atoms with Crippen molar-refractivity contribution in [3.8, 4) is 5.75 Å². The van der Waals surface area contributed by atoms with Crippen molar-refractivity contribution in [3.05, 3.63) is 47.4 Å². The van der Waals surface area contributed by atoms with Gasteiger partial charge < -0.3 is 4.74 Å². The maximum absolute atomic E-state index is 12.2. The Kier molecular flexibility index (Phi) is 4.98. The number of amides is 1. The van der Waals surface area contributed by atoms with Crippen LogP contribution in [0.2, 0.25) is 0 Å². The largest absolute Gasteiger partial charge is 0.493 e. The predicted octanol–water partition coefficient (Wildman–Crippen LogP) is 3.47. The molecule has 1 aliphatic rings. The molecule has 1 amide bonds. The maximum Gasteiger partial charge on any atom is 0.266 e. The van der Waals surface area contributed by atoms with Gasteiger partial charge in [0.25, 0.3) is 5.91 Å². The van der Waals surface area contributed by atoms with E-state index < -0.39 is 0 Å². The van der Waals surface area contributed by atoms with Crippen molar-refractivity contribution in [2.75, 3.05) is 13.2 Å². The molecule has 0 N–H and O–H groups in total. The van der Waals surface area contributed by atoms with Crippen LogP contribution in [0.1, 0.15) is 12.5 Å². The van der Waals surface area contributed by atoms with Gasteiger partial charge in [0.05, 0.1) is 11.5 Å². The molecule has 1 aromatic rings. The summed E-state index contributed by atoms with van der Waals surface area (Å²) < 4.78 is 6.12.